The predicted octanol–water partition coefficient (Wildman–Crippen LogP) is 5.76. The molecule has 1 aromatic heterocycles. The number of allylic oxidation sites excluding steroid dienone is 1. The summed E-state index contributed by atoms with van der Waals surface area (Å²) in [6.45, 7) is 8.66. The minimum Gasteiger partial charge on any atom is -0.478 e. The molecule has 0 saturated carbocycles. The molecular weight excluding hydrogens is 386 g/mol. The van der Waals surface area contributed by atoms with Gasteiger partial charge in [-0.05, 0) is 47.6 Å². The first-order valence-electron chi connectivity index (χ1n) is 10.6. The van der Waals surface area contributed by atoms with E-state index >= 15 is 0 Å². The van der Waals surface area contributed by atoms with E-state index in [4.69, 9.17) is 5.11 Å². The highest BCUT2D eigenvalue weighted by molar-refractivity contribution is 6.15. The van der Waals surface area contributed by atoms with Crippen LogP contribution in [0.5, 0.6) is 0 Å². The fourth-order valence-electron chi connectivity index (χ4n) is 3.31. The molecule has 0 saturated heterocycles. The Kier molecular flexibility index (Phi) is 9.01. The first-order valence-corrected chi connectivity index (χ1v) is 10.6. The van der Waals surface area contributed by atoms with Crippen LogP contribution in [-0.4, -0.2) is 15.6 Å². The smallest absolute Gasteiger partial charge is 0.335 e. The van der Waals surface area contributed by atoms with Gasteiger partial charge in [0.15, 0.2) is 0 Å². The van der Waals surface area contributed by atoms with Crippen molar-refractivity contribution in [2.45, 2.75) is 46.6 Å². The molecule has 0 bridgehead atoms. The lowest BCUT2D eigenvalue weighted by atomic mass is 9.92. The maximum absolute atomic E-state index is 11.5. The lowest BCUT2D eigenvalue weighted by molar-refractivity contribution is -0.130. The summed E-state index contributed by atoms with van der Waals surface area (Å²) in [4.78, 5) is 22.5. The van der Waals surface area contributed by atoms with Gasteiger partial charge in [0.2, 0.25) is 0 Å². The molecule has 0 aliphatic rings. The van der Waals surface area contributed by atoms with E-state index in [1.807, 2.05) is 36.5 Å². The summed E-state index contributed by atoms with van der Waals surface area (Å²) in [6.07, 6.45) is 4.51. The van der Waals surface area contributed by atoms with Gasteiger partial charge in [-0.2, -0.15) is 0 Å². The van der Waals surface area contributed by atoms with E-state index in [-0.39, 0.29) is 5.56 Å². The highest BCUT2D eigenvalue weighted by Crippen LogP contribution is 2.25. The number of pyridine rings is 1. The molecule has 31 heavy (non-hydrogen) atoms. The number of benzene rings is 2. The molecule has 0 spiro atoms. The van der Waals surface area contributed by atoms with Gasteiger partial charge in [-0.1, -0.05) is 81.4 Å². The third kappa shape index (κ3) is 6.82. The van der Waals surface area contributed by atoms with Gasteiger partial charge < -0.3 is 9.67 Å². The van der Waals surface area contributed by atoms with Gasteiger partial charge in [0.25, 0.3) is 5.56 Å². The number of hydrogen-bond donors (Lipinski definition) is 1. The number of aromatic nitrogens is 1. The second-order valence-electron chi connectivity index (χ2n) is 7.59. The maximum Gasteiger partial charge on any atom is 0.335 e. The molecular formula is C27H31NO3. The molecule has 0 radical (unpaired) electrons. The Hall–Kier alpha value is -3.40. The number of aliphatic carboxylic acids is 1. The molecule has 1 heterocycles. The van der Waals surface area contributed by atoms with Gasteiger partial charge in [0.1, 0.15) is 0 Å². The van der Waals surface area contributed by atoms with Crippen LogP contribution >= 0.6 is 0 Å². The Bertz CT molecular complexity index is 1080. The molecule has 162 valence electrons. The molecule has 3 aromatic rings. The van der Waals surface area contributed by atoms with Crippen molar-refractivity contribution in [2.24, 2.45) is 0 Å². The van der Waals surface area contributed by atoms with Crippen LogP contribution in [-0.2, 0) is 17.8 Å². The lowest BCUT2D eigenvalue weighted by Gasteiger charge is -2.12. The monoisotopic (exact) mass is 417 g/mol. The lowest BCUT2D eigenvalue weighted by Crippen LogP contribution is -2.18. The topological polar surface area (TPSA) is 59.3 Å². The van der Waals surface area contributed by atoms with E-state index in [0.717, 1.165) is 23.1 Å². The third-order valence-corrected chi connectivity index (χ3v) is 5.08. The summed E-state index contributed by atoms with van der Waals surface area (Å²) in [7, 11) is 0. The zero-order valence-electron chi connectivity index (χ0n) is 18.7. The predicted molar refractivity (Wildman–Crippen MR) is 127 cm³/mol. The molecule has 0 amide bonds. The van der Waals surface area contributed by atoms with E-state index in [1.165, 1.54) is 5.56 Å². The minimum atomic E-state index is -0.870. The van der Waals surface area contributed by atoms with Crippen LogP contribution in [0.3, 0.4) is 0 Å². The average molecular weight is 418 g/mol. The quantitative estimate of drug-likeness (QED) is 0.519. The second kappa shape index (κ2) is 11.7. The number of carboxylic acid groups (broad SMARTS) is 1. The van der Waals surface area contributed by atoms with Crippen LogP contribution < -0.4 is 5.56 Å². The van der Waals surface area contributed by atoms with Crippen molar-refractivity contribution in [3.05, 3.63) is 112 Å². The van der Waals surface area contributed by atoms with Crippen LogP contribution in [0.1, 0.15) is 55.9 Å². The van der Waals surface area contributed by atoms with E-state index in [2.05, 4.69) is 45.0 Å². The second-order valence-corrected chi connectivity index (χ2v) is 7.59. The summed E-state index contributed by atoms with van der Waals surface area (Å²) in [6, 6.07) is 21.3. The van der Waals surface area contributed by atoms with E-state index in [1.54, 1.807) is 29.7 Å². The van der Waals surface area contributed by atoms with Crippen molar-refractivity contribution >= 4 is 11.5 Å². The highest BCUT2D eigenvalue weighted by Gasteiger charge is 2.14. The zero-order chi connectivity index (χ0) is 22.8. The van der Waals surface area contributed by atoms with Crippen LogP contribution in [0.25, 0.3) is 5.57 Å². The molecule has 2 aromatic carbocycles. The van der Waals surface area contributed by atoms with Crippen molar-refractivity contribution in [1.29, 1.82) is 0 Å². The Labute approximate surface area is 184 Å². The van der Waals surface area contributed by atoms with Crippen LogP contribution in [0, 0.1) is 0 Å². The summed E-state index contributed by atoms with van der Waals surface area (Å²) in [5.41, 5.74) is 4.80. The average Bonchev–Trinajstić information content (AvgIpc) is 2.77. The molecule has 0 aliphatic carbocycles. The van der Waals surface area contributed by atoms with Gasteiger partial charge in [-0.25, -0.2) is 4.79 Å². The normalized spacial score (nSPS) is 11.1. The maximum atomic E-state index is 11.5. The molecule has 4 heteroatoms. The number of nitrogens with zero attached hydrogens (tertiary/aromatic N) is 1. The standard InChI is InChI=1S/C14H15NO.C13H16O2/c1-2-12-6-8-13(9-7-12)11-15-10-4-3-5-14(15)16;1-4-10(13(14)15)12-8-6-5-7-11(12)9(2)3/h3-10H,2,11H2,1H3;4-9H,1-3H3,(H,14,15)/b;10-4+. The first kappa shape index (κ1) is 23.9. The Morgan fingerprint density at radius 1 is 0.968 bits per heavy atom. The fraction of sp³-hybridized carbons (Fsp3) is 0.259. The number of hydrogen-bond acceptors (Lipinski definition) is 2. The Morgan fingerprint density at radius 3 is 2.13 bits per heavy atom. The van der Waals surface area contributed by atoms with Crippen LogP contribution in [0.2, 0.25) is 0 Å². The van der Waals surface area contributed by atoms with Crippen LogP contribution in [0.15, 0.2) is 83.8 Å². The van der Waals surface area contributed by atoms with E-state index in [9.17, 15) is 9.59 Å². The number of aryl methyl sites for hydroxylation is 1. The van der Waals surface area contributed by atoms with E-state index < -0.39 is 5.97 Å². The molecule has 3 rings (SSSR count). The van der Waals surface area contributed by atoms with Crippen molar-refractivity contribution in [1.82, 2.24) is 4.57 Å². The fourth-order valence-corrected chi connectivity index (χ4v) is 3.31. The Balaban J connectivity index is 0.000000221. The summed E-state index contributed by atoms with van der Waals surface area (Å²) >= 11 is 0. The largest absolute Gasteiger partial charge is 0.478 e. The molecule has 0 unspecified atom stereocenters. The van der Waals surface area contributed by atoms with Gasteiger partial charge >= 0.3 is 5.97 Å². The Morgan fingerprint density at radius 2 is 1.58 bits per heavy atom. The number of carbonyl (C=O) groups is 1. The van der Waals surface area contributed by atoms with E-state index in [0.29, 0.717) is 18.0 Å². The van der Waals surface area contributed by atoms with Crippen molar-refractivity contribution in [2.75, 3.05) is 0 Å². The van der Waals surface area contributed by atoms with Crippen molar-refractivity contribution in [3.63, 3.8) is 0 Å². The third-order valence-electron chi connectivity index (χ3n) is 5.08. The first-order chi connectivity index (χ1) is 14.9. The summed E-state index contributed by atoms with van der Waals surface area (Å²) < 4.78 is 1.71. The molecule has 1 N–H and O–H groups in total. The van der Waals surface area contributed by atoms with Gasteiger partial charge in [0.05, 0.1) is 12.1 Å². The van der Waals surface area contributed by atoms with Gasteiger partial charge in [0, 0.05) is 12.3 Å². The van der Waals surface area contributed by atoms with Gasteiger partial charge in [-0.3, -0.25) is 4.79 Å². The molecule has 0 aliphatic heterocycles. The van der Waals surface area contributed by atoms with Crippen LogP contribution in [0.4, 0.5) is 0 Å². The minimum absolute atomic E-state index is 0.0436. The van der Waals surface area contributed by atoms with Gasteiger partial charge in [-0.15, -0.1) is 0 Å². The summed E-state index contributed by atoms with van der Waals surface area (Å²) in [5.74, 6) is -0.541. The van der Waals surface area contributed by atoms with Crippen molar-refractivity contribution in [3.8, 4) is 0 Å². The molecule has 0 fully saturated rings. The summed E-state index contributed by atoms with van der Waals surface area (Å²) in [5, 5.41) is 9.06. The number of carboxylic acids is 1. The molecule has 4 nitrogen and oxygen atoms in total. The van der Waals surface area contributed by atoms with Crippen molar-refractivity contribution < 1.29 is 9.90 Å². The zero-order valence-corrected chi connectivity index (χ0v) is 18.7. The molecule has 0 atom stereocenters. The SMILES string of the molecule is C/C=C(/C(=O)O)c1ccccc1C(C)C.CCc1ccc(Cn2ccccc2=O)cc1. The number of rotatable bonds is 6. The highest BCUT2D eigenvalue weighted by atomic mass is 16.4.